The van der Waals surface area contributed by atoms with Crippen molar-refractivity contribution in [2.45, 2.75) is 51.9 Å². The van der Waals surface area contributed by atoms with Crippen LogP contribution in [0.3, 0.4) is 0 Å². The molecule has 4 bridgehead atoms. The van der Waals surface area contributed by atoms with E-state index in [-0.39, 0.29) is 5.91 Å². The summed E-state index contributed by atoms with van der Waals surface area (Å²) in [5.41, 5.74) is 2.56. The largest absolute Gasteiger partial charge is 0.360 e. The van der Waals surface area contributed by atoms with Crippen LogP contribution in [0, 0.1) is 23.2 Å². The lowest BCUT2D eigenvalue weighted by atomic mass is 9.49. The number of likely N-dealkylation sites (N-methyl/N-ethyl adjacent to an activating group) is 1. The van der Waals surface area contributed by atoms with Gasteiger partial charge in [0.25, 0.3) is 0 Å². The number of quaternary nitrogens is 1. The predicted molar refractivity (Wildman–Crippen MR) is 114 cm³/mol. The third-order valence-electron chi connectivity index (χ3n) is 8.19. The number of nitrogens with one attached hydrogen (secondary N) is 2. The number of nitrogens with zero attached hydrogens (tertiary/aromatic N) is 1. The van der Waals surface area contributed by atoms with E-state index < -0.39 is 0 Å². The van der Waals surface area contributed by atoms with E-state index in [2.05, 4.69) is 41.4 Å². The zero-order chi connectivity index (χ0) is 19.1. The van der Waals surface area contributed by atoms with Gasteiger partial charge in [-0.05, 0) is 92.9 Å². The second-order valence-corrected chi connectivity index (χ2v) is 10.3. The van der Waals surface area contributed by atoms with Crippen LogP contribution in [0.2, 0.25) is 0 Å². The molecule has 152 valence electrons. The maximum Gasteiger partial charge on any atom is 0.224 e. The number of rotatable bonds is 5. The van der Waals surface area contributed by atoms with Crippen molar-refractivity contribution in [3.63, 3.8) is 0 Å². The standard InChI is InChI=1S/C24H35N3O/c1-2-26-7-9-27(10-8-26)22-5-3-21(4-6-22)25-23(28)17-24-14-18-11-19(15-24)13-20(12-18)16-24/h3-6,18-20H,2,7-17H2,1H3,(H,25,28)/p+1. The van der Waals surface area contributed by atoms with Crippen LogP contribution in [0.15, 0.2) is 24.3 Å². The molecule has 2 N–H and O–H groups in total. The van der Waals surface area contributed by atoms with Crippen molar-refractivity contribution in [2.24, 2.45) is 23.2 Å². The van der Waals surface area contributed by atoms with Crippen LogP contribution in [0.1, 0.15) is 51.9 Å². The van der Waals surface area contributed by atoms with Crippen LogP contribution in [-0.2, 0) is 4.79 Å². The maximum atomic E-state index is 12.8. The molecule has 0 aromatic heterocycles. The molecule has 0 atom stereocenters. The van der Waals surface area contributed by atoms with Gasteiger partial charge < -0.3 is 15.1 Å². The molecule has 0 radical (unpaired) electrons. The summed E-state index contributed by atoms with van der Waals surface area (Å²) in [7, 11) is 0. The van der Waals surface area contributed by atoms with Crippen LogP contribution in [-0.4, -0.2) is 38.6 Å². The molecule has 1 heterocycles. The highest BCUT2D eigenvalue weighted by atomic mass is 16.1. The van der Waals surface area contributed by atoms with Crippen molar-refractivity contribution in [3.05, 3.63) is 24.3 Å². The van der Waals surface area contributed by atoms with Gasteiger partial charge in [0, 0.05) is 17.8 Å². The SMILES string of the molecule is CC[NH+]1CCN(c2ccc(NC(=O)CC34CC5CC(CC(C5)C3)C4)cc2)CC1. The minimum absolute atomic E-state index is 0.231. The topological polar surface area (TPSA) is 36.8 Å². The Labute approximate surface area is 169 Å². The zero-order valence-corrected chi connectivity index (χ0v) is 17.4. The van der Waals surface area contributed by atoms with E-state index in [1.807, 2.05) is 0 Å². The Balaban J connectivity index is 1.17. The molecular formula is C24H36N3O+. The fourth-order valence-corrected chi connectivity index (χ4v) is 7.24. The van der Waals surface area contributed by atoms with Crippen LogP contribution in [0.25, 0.3) is 0 Å². The number of piperazine rings is 1. The molecule has 1 aromatic rings. The lowest BCUT2D eigenvalue weighted by Gasteiger charge is -2.56. The molecule has 5 fully saturated rings. The van der Waals surface area contributed by atoms with Crippen molar-refractivity contribution < 1.29 is 9.69 Å². The quantitative estimate of drug-likeness (QED) is 0.822. The summed E-state index contributed by atoms with van der Waals surface area (Å²) in [6.07, 6.45) is 8.97. The highest BCUT2D eigenvalue weighted by Gasteiger charge is 2.51. The van der Waals surface area contributed by atoms with E-state index in [4.69, 9.17) is 0 Å². The monoisotopic (exact) mass is 382 g/mol. The Morgan fingerprint density at radius 2 is 1.61 bits per heavy atom. The van der Waals surface area contributed by atoms with Gasteiger partial charge in [-0.15, -0.1) is 0 Å². The van der Waals surface area contributed by atoms with Crippen LogP contribution in [0.5, 0.6) is 0 Å². The average Bonchev–Trinajstić information content (AvgIpc) is 2.67. The van der Waals surface area contributed by atoms with Crippen molar-refractivity contribution in [3.8, 4) is 0 Å². The first kappa shape index (κ1) is 18.5. The van der Waals surface area contributed by atoms with E-state index in [0.717, 1.165) is 43.0 Å². The molecule has 5 aliphatic rings. The molecule has 0 spiro atoms. The fraction of sp³-hybridized carbons (Fsp3) is 0.708. The summed E-state index contributed by atoms with van der Waals surface area (Å²) < 4.78 is 0. The van der Waals surface area contributed by atoms with Gasteiger partial charge in [-0.25, -0.2) is 0 Å². The van der Waals surface area contributed by atoms with Gasteiger partial charge in [-0.3, -0.25) is 4.79 Å². The lowest BCUT2D eigenvalue weighted by Crippen LogP contribution is -3.14. The van der Waals surface area contributed by atoms with Crippen molar-refractivity contribution in [1.29, 1.82) is 0 Å². The van der Waals surface area contributed by atoms with Crippen molar-refractivity contribution in [2.75, 3.05) is 42.9 Å². The Morgan fingerprint density at radius 3 is 2.14 bits per heavy atom. The minimum Gasteiger partial charge on any atom is -0.360 e. The molecule has 6 rings (SSSR count). The second kappa shape index (κ2) is 7.37. The molecule has 28 heavy (non-hydrogen) atoms. The summed E-state index contributed by atoms with van der Waals surface area (Å²) >= 11 is 0. The molecule has 1 saturated heterocycles. The van der Waals surface area contributed by atoms with Crippen LogP contribution >= 0.6 is 0 Å². The molecule has 1 aliphatic heterocycles. The molecule has 1 aromatic carbocycles. The number of anilines is 2. The Kier molecular flexibility index (Phi) is 4.86. The van der Waals surface area contributed by atoms with Gasteiger partial charge in [0.2, 0.25) is 5.91 Å². The van der Waals surface area contributed by atoms with Crippen LogP contribution < -0.4 is 15.1 Å². The first-order valence-electron chi connectivity index (χ1n) is 11.6. The summed E-state index contributed by atoms with van der Waals surface area (Å²) in [6.45, 7) is 8.19. The smallest absolute Gasteiger partial charge is 0.224 e. The molecule has 4 nitrogen and oxygen atoms in total. The van der Waals surface area contributed by atoms with Gasteiger partial charge in [-0.1, -0.05) is 0 Å². The molecule has 1 amide bonds. The fourth-order valence-electron chi connectivity index (χ4n) is 7.24. The Hall–Kier alpha value is -1.55. The van der Waals surface area contributed by atoms with Crippen LogP contribution in [0.4, 0.5) is 11.4 Å². The van der Waals surface area contributed by atoms with Gasteiger partial charge in [-0.2, -0.15) is 0 Å². The molecule has 0 unspecified atom stereocenters. The second-order valence-electron chi connectivity index (χ2n) is 10.3. The first-order valence-corrected chi connectivity index (χ1v) is 11.6. The number of hydrogen-bond acceptors (Lipinski definition) is 2. The van der Waals surface area contributed by atoms with Gasteiger partial charge in [0.15, 0.2) is 0 Å². The molecular weight excluding hydrogens is 346 g/mol. The number of amides is 1. The molecule has 4 aliphatic carbocycles. The highest BCUT2D eigenvalue weighted by Crippen LogP contribution is 2.61. The summed E-state index contributed by atoms with van der Waals surface area (Å²) in [5, 5.41) is 3.20. The zero-order valence-electron chi connectivity index (χ0n) is 17.4. The third kappa shape index (κ3) is 3.68. The molecule has 4 heteroatoms. The number of hydrogen-bond donors (Lipinski definition) is 2. The first-order chi connectivity index (χ1) is 13.6. The Bertz CT molecular complexity index is 670. The maximum absolute atomic E-state index is 12.8. The summed E-state index contributed by atoms with van der Waals surface area (Å²) in [5.74, 6) is 2.96. The van der Waals surface area contributed by atoms with E-state index in [9.17, 15) is 4.79 Å². The normalized spacial score (nSPS) is 34.6. The lowest BCUT2D eigenvalue weighted by molar-refractivity contribution is -0.898. The van der Waals surface area contributed by atoms with Gasteiger partial charge >= 0.3 is 0 Å². The average molecular weight is 383 g/mol. The van der Waals surface area contributed by atoms with Crippen molar-refractivity contribution >= 4 is 17.3 Å². The third-order valence-corrected chi connectivity index (χ3v) is 8.19. The molecule has 4 saturated carbocycles. The summed E-state index contributed by atoms with van der Waals surface area (Å²) in [6, 6.07) is 8.53. The van der Waals surface area contributed by atoms with E-state index in [1.54, 1.807) is 4.90 Å². The number of carbonyl (C=O) groups is 1. The summed E-state index contributed by atoms with van der Waals surface area (Å²) in [4.78, 5) is 17.0. The number of carbonyl (C=O) groups excluding carboxylic acids is 1. The van der Waals surface area contributed by atoms with Crippen molar-refractivity contribution in [1.82, 2.24) is 0 Å². The van der Waals surface area contributed by atoms with E-state index >= 15 is 0 Å². The minimum atomic E-state index is 0.231. The van der Waals surface area contributed by atoms with Gasteiger partial charge in [0.1, 0.15) is 0 Å². The number of benzene rings is 1. The van der Waals surface area contributed by atoms with Gasteiger partial charge in [0.05, 0.1) is 32.7 Å². The van der Waals surface area contributed by atoms with E-state index in [1.165, 1.54) is 63.8 Å². The highest BCUT2D eigenvalue weighted by molar-refractivity contribution is 5.91. The Morgan fingerprint density at radius 1 is 1.04 bits per heavy atom. The predicted octanol–water partition coefficient (Wildman–Crippen LogP) is 2.96. The van der Waals surface area contributed by atoms with E-state index in [0.29, 0.717) is 5.41 Å².